The fraction of sp³-hybridized carbons (Fsp3) is 0.381. The highest BCUT2D eigenvalue weighted by Crippen LogP contribution is 2.23. The third-order valence-electron chi connectivity index (χ3n) is 5.16. The van der Waals surface area contributed by atoms with Gasteiger partial charge in [-0.05, 0) is 24.6 Å². The normalized spacial score (nSPS) is 17.7. The van der Waals surface area contributed by atoms with Crippen molar-refractivity contribution in [2.45, 2.75) is 17.9 Å². The van der Waals surface area contributed by atoms with Crippen molar-refractivity contribution < 1.29 is 21.6 Å². The standard InChI is InChI=1S/C21H27N3O5S2/c1-17-7-9-19(10-8-17)31(28,29)23-12-11-22-21(25)20(18-5-3-2-4-6-18)24-13-15-30(26,27)16-14-24/h2-10,20,23H,11-16H2,1H3,(H,22,25). The molecule has 1 aliphatic rings. The van der Waals surface area contributed by atoms with Crippen LogP contribution in [0.15, 0.2) is 59.5 Å². The van der Waals surface area contributed by atoms with Gasteiger partial charge in [0.1, 0.15) is 6.04 Å². The van der Waals surface area contributed by atoms with Crippen LogP contribution in [0, 0.1) is 6.92 Å². The Labute approximate surface area is 183 Å². The third-order valence-corrected chi connectivity index (χ3v) is 8.24. The van der Waals surface area contributed by atoms with Crippen LogP contribution in [0.5, 0.6) is 0 Å². The number of aryl methyl sites for hydroxylation is 1. The molecule has 1 amide bonds. The molecular weight excluding hydrogens is 438 g/mol. The van der Waals surface area contributed by atoms with Gasteiger partial charge in [0, 0.05) is 26.2 Å². The molecule has 2 N–H and O–H groups in total. The first-order chi connectivity index (χ1) is 14.7. The van der Waals surface area contributed by atoms with Crippen LogP contribution in [0.2, 0.25) is 0 Å². The van der Waals surface area contributed by atoms with Crippen molar-refractivity contribution in [1.82, 2.24) is 14.9 Å². The lowest BCUT2D eigenvalue weighted by molar-refractivity contribution is -0.126. The minimum Gasteiger partial charge on any atom is -0.353 e. The van der Waals surface area contributed by atoms with Crippen molar-refractivity contribution in [2.24, 2.45) is 0 Å². The van der Waals surface area contributed by atoms with E-state index >= 15 is 0 Å². The van der Waals surface area contributed by atoms with Crippen LogP contribution < -0.4 is 10.0 Å². The molecule has 1 atom stereocenters. The minimum absolute atomic E-state index is 0.0139. The predicted molar refractivity (Wildman–Crippen MR) is 119 cm³/mol. The molecule has 0 aromatic heterocycles. The van der Waals surface area contributed by atoms with Crippen molar-refractivity contribution in [3.8, 4) is 0 Å². The second-order valence-corrected chi connectivity index (χ2v) is 11.6. The zero-order valence-corrected chi connectivity index (χ0v) is 19.0. The first-order valence-corrected chi connectivity index (χ1v) is 13.3. The average Bonchev–Trinajstić information content (AvgIpc) is 2.74. The lowest BCUT2D eigenvalue weighted by Gasteiger charge is -2.33. The molecule has 1 heterocycles. The summed E-state index contributed by atoms with van der Waals surface area (Å²) < 4.78 is 50.8. The summed E-state index contributed by atoms with van der Waals surface area (Å²) in [5, 5.41) is 2.78. The molecule has 2 aromatic rings. The zero-order chi connectivity index (χ0) is 22.5. The summed E-state index contributed by atoms with van der Waals surface area (Å²) in [6, 6.07) is 15.0. The Morgan fingerprint density at radius 2 is 1.61 bits per heavy atom. The molecule has 1 unspecified atom stereocenters. The second kappa shape index (κ2) is 9.90. The highest BCUT2D eigenvalue weighted by molar-refractivity contribution is 7.91. The number of nitrogens with zero attached hydrogens (tertiary/aromatic N) is 1. The smallest absolute Gasteiger partial charge is 0.242 e. The molecule has 2 aromatic carbocycles. The highest BCUT2D eigenvalue weighted by Gasteiger charge is 2.32. The number of sulfonamides is 1. The minimum atomic E-state index is -3.66. The predicted octanol–water partition coefficient (Wildman–Crippen LogP) is 0.861. The molecule has 31 heavy (non-hydrogen) atoms. The third kappa shape index (κ3) is 6.36. The van der Waals surface area contributed by atoms with Crippen LogP contribution in [0.3, 0.4) is 0 Å². The molecule has 1 aliphatic heterocycles. The van der Waals surface area contributed by atoms with E-state index in [0.717, 1.165) is 11.1 Å². The number of rotatable bonds is 8. The fourth-order valence-corrected chi connectivity index (χ4v) is 5.68. The molecule has 3 rings (SSSR count). The summed E-state index contributed by atoms with van der Waals surface area (Å²) >= 11 is 0. The molecule has 0 saturated carbocycles. The van der Waals surface area contributed by atoms with Crippen LogP contribution >= 0.6 is 0 Å². The number of amides is 1. The summed E-state index contributed by atoms with van der Waals surface area (Å²) in [6.07, 6.45) is 0. The second-order valence-electron chi connectivity index (χ2n) is 7.50. The van der Waals surface area contributed by atoms with Crippen molar-refractivity contribution in [2.75, 3.05) is 37.7 Å². The first-order valence-electron chi connectivity index (χ1n) is 10.0. The SMILES string of the molecule is Cc1ccc(S(=O)(=O)NCCNC(=O)C(c2ccccc2)N2CCS(=O)(=O)CC2)cc1. The number of hydrogen-bond acceptors (Lipinski definition) is 6. The maximum atomic E-state index is 13.0. The van der Waals surface area contributed by atoms with E-state index in [1.807, 2.05) is 42.2 Å². The number of sulfone groups is 1. The van der Waals surface area contributed by atoms with E-state index in [0.29, 0.717) is 0 Å². The summed E-state index contributed by atoms with van der Waals surface area (Å²) in [5.74, 6) is -0.264. The van der Waals surface area contributed by atoms with Gasteiger partial charge < -0.3 is 5.32 Å². The Kier molecular flexibility index (Phi) is 7.47. The molecule has 1 saturated heterocycles. The molecular formula is C21H27N3O5S2. The molecule has 0 spiro atoms. The van der Waals surface area contributed by atoms with Gasteiger partial charge >= 0.3 is 0 Å². The monoisotopic (exact) mass is 465 g/mol. The van der Waals surface area contributed by atoms with Gasteiger partial charge in [0.15, 0.2) is 9.84 Å². The largest absolute Gasteiger partial charge is 0.353 e. The van der Waals surface area contributed by atoms with E-state index < -0.39 is 25.9 Å². The molecule has 0 bridgehead atoms. The Hall–Kier alpha value is -2.27. The molecule has 8 nitrogen and oxygen atoms in total. The van der Waals surface area contributed by atoms with Gasteiger partial charge in [-0.15, -0.1) is 0 Å². The Morgan fingerprint density at radius 3 is 2.23 bits per heavy atom. The Morgan fingerprint density at radius 1 is 1.00 bits per heavy atom. The quantitative estimate of drug-likeness (QED) is 0.559. The highest BCUT2D eigenvalue weighted by atomic mass is 32.2. The lowest BCUT2D eigenvalue weighted by atomic mass is 10.0. The van der Waals surface area contributed by atoms with Crippen molar-refractivity contribution >= 4 is 25.8 Å². The Balaban J connectivity index is 1.61. The lowest BCUT2D eigenvalue weighted by Crippen LogP contribution is -2.48. The maximum Gasteiger partial charge on any atom is 0.242 e. The van der Waals surface area contributed by atoms with Crippen LogP contribution in [0.1, 0.15) is 17.2 Å². The van der Waals surface area contributed by atoms with Crippen LogP contribution in [-0.4, -0.2) is 65.3 Å². The zero-order valence-electron chi connectivity index (χ0n) is 17.3. The van der Waals surface area contributed by atoms with Crippen molar-refractivity contribution in [3.63, 3.8) is 0 Å². The van der Waals surface area contributed by atoms with E-state index in [2.05, 4.69) is 10.0 Å². The van der Waals surface area contributed by atoms with E-state index in [-0.39, 0.29) is 48.5 Å². The summed E-state index contributed by atoms with van der Waals surface area (Å²) in [7, 11) is -6.73. The van der Waals surface area contributed by atoms with E-state index in [1.54, 1.807) is 12.1 Å². The average molecular weight is 466 g/mol. The molecule has 1 fully saturated rings. The molecule has 0 radical (unpaired) electrons. The summed E-state index contributed by atoms with van der Waals surface area (Å²) in [5.41, 5.74) is 1.73. The number of carbonyl (C=O) groups is 1. The maximum absolute atomic E-state index is 13.0. The van der Waals surface area contributed by atoms with Crippen LogP contribution in [0.4, 0.5) is 0 Å². The van der Waals surface area contributed by atoms with Gasteiger partial charge in [-0.3, -0.25) is 9.69 Å². The van der Waals surface area contributed by atoms with Gasteiger partial charge in [-0.25, -0.2) is 21.6 Å². The molecule has 10 heteroatoms. The van der Waals surface area contributed by atoms with E-state index in [1.165, 1.54) is 12.1 Å². The van der Waals surface area contributed by atoms with Gasteiger partial charge in [0.2, 0.25) is 15.9 Å². The van der Waals surface area contributed by atoms with Gasteiger partial charge in [0.25, 0.3) is 0 Å². The van der Waals surface area contributed by atoms with E-state index in [9.17, 15) is 21.6 Å². The van der Waals surface area contributed by atoms with Gasteiger partial charge in [0.05, 0.1) is 16.4 Å². The fourth-order valence-electron chi connectivity index (χ4n) is 3.42. The number of nitrogens with one attached hydrogen (secondary N) is 2. The number of hydrogen-bond donors (Lipinski definition) is 2. The molecule has 168 valence electrons. The summed E-state index contributed by atoms with van der Waals surface area (Å²) in [6.45, 7) is 2.57. The van der Waals surface area contributed by atoms with Gasteiger partial charge in [-0.1, -0.05) is 48.0 Å². The van der Waals surface area contributed by atoms with Crippen LogP contribution in [-0.2, 0) is 24.7 Å². The van der Waals surface area contributed by atoms with Crippen molar-refractivity contribution in [3.05, 3.63) is 65.7 Å². The molecule has 0 aliphatic carbocycles. The van der Waals surface area contributed by atoms with Gasteiger partial charge in [-0.2, -0.15) is 0 Å². The van der Waals surface area contributed by atoms with Crippen molar-refractivity contribution in [1.29, 1.82) is 0 Å². The first kappa shape index (κ1) is 23.4. The number of benzene rings is 2. The summed E-state index contributed by atoms with van der Waals surface area (Å²) in [4.78, 5) is 15.0. The van der Waals surface area contributed by atoms with E-state index in [4.69, 9.17) is 0 Å². The number of carbonyl (C=O) groups excluding carboxylic acids is 1. The Bertz CT molecular complexity index is 1090. The topological polar surface area (TPSA) is 113 Å². The van der Waals surface area contributed by atoms with Crippen LogP contribution in [0.25, 0.3) is 0 Å².